The SMILES string of the molecule is [B]c1ccc(Nc2ncnc3cc(OCc4ccc(N5CCOCC5)cc4)c(OC)cc23)c(F)c1. The van der Waals surface area contributed by atoms with E-state index in [1.54, 1.807) is 31.4 Å². The van der Waals surface area contributed by atoms with Gasteiger partial charge in [-0.2, -0.15) is 0 Å². The van der Waals surface area contributed by atoms with Gasteiger partial charge in [-0.1, -0.05) is 23.7 Å². The summed E-state index contributed by atoms with van der Waals surface area (Å²) in [6, 6.07) is 16.3. The number of benzene rings is 3. The number of fused-ring (bicyclic) bond motifs is 1. The third kappa shape index (κ3) is 5.15. The molecule has 4 aromatic rings. The van der Waals surface area contributed by atoms with Gasteiger partial charge in [0.25, 0.3) is 0 Å². The highest BCUT2D eigenvalue weighted by molar-refractivity contribution is 6.32. The fourth-order valence-corrected chi connectivity index (χ4v) is 3.98. The summed E-state index contributed by atoms with van der Waals surface area (Å²) in [5, 5.41) is 3.68. The lowest BCUT2D eigenvalue weighted by Crippen LogP contribution is -2.36. The molecule has 0 unspecified atom stereocenters. The van der Waals surface area contributed by atoms with E-state index in [0.717, 1.165) is 31.9 Å². The Bertz CT molecular complexity index is 1330. The van der Waals surface area contributed by atoms with E-state index in [0.29, 0.717) is 40.3 Å². The molecule has 176 valence electrons. The van der Waals surface area contributed by atoms with E-state index in [1.807, 2.05) is 0 Å². The minimum Gasteiger partial charge on any atom is -0.493 e. The van der Waals surface area contributed by atoms with Crippen LogP contribution in [0.1, 0.15) is 5.56 Å². The zero-order valence-corrected chi connectivity index (χ0v) is 19.3. The molecule has 9 heteroatoms. The van der Waals surface area contributed by atoms with Crippen LogP contribution >= 0.6 is 0 Å². The van der Waals surface area contributed by atoms with Crippen LogP contribution in [0.4, 0.5) is 21.6 Å². The highest BCUT2D eigenvalue weighted by atomic mass is 19.1. The molecule has 7 nitrogen and oxygen atoms in total. The zero-order valence-electron chi connectivity index (χ0n) is 19.3. The third-order valence-electron chi connectivity index (χ3n) is 5.87. The average molecular weight is 470 g/mol. The van der Waals surface area contributed by atoms with Gasteiger partial charge in [0.05, 0.1) is 31.5 Å². The third-order valence-corrected chi connectivity index (χ3v) is 5.87. The summed E-state index contributed by atoms with van der Waals surface area (Å²) < 4.78 is 31.4. The summed E-state index contributed by atoms with van der Waals surface area (Å²) in [6.07, 6.45) is 1.42. The molecule has 0 saturated carbocycles. The van der Waals surface area contributed by atoms with Crippen LogP contribution in [0, 0.1) is 5.82 Å². The van der Waals surface area contributed by atoms with Crippen molar-refractivity contribution in [3.63, 3.8) is 0 Å². The first-order valence-corrected chi connectivity index (χ1v) is 11.3. The quantitative estimate of drug-likeness (QED) is 0.413. The maximum atomic E-state index is 14.3. The van der Waals surface area contributed by atoms with Crippen LogP contribution in [0.25, 0.3) is 10.9 Å². The Balaban J connectivity index is 1.35. The second-order valence-electron chi connectivity index (χ2n) is 8.16. The number of rotatable bonds is 7. The number of hydrogen-bond donors (Lipinski definition) is 1. The fourth-order valence-electron chi connectivity index (χ4n) is 3.98. The van der Waals surface area contributed by atoms with Crippen molar-refractivity contribution in [1.82, 2.24) is 9.97 Å². The molecule has 1 saturated heterocycles. The first-order chi connectivity index (χ1) is 17.1. The second kappa shape index (κ2) is 10.2. The van der Waals surface area contributed by atoms with E-state index in [4.69, 9.17) is 22.1 Å². The van der Waals surface area contributed by atoms with Crippen LogP contribution in [0.2, 0.25) is 0 Å². The van der Waals surface area contributed by atoms with Crippen molar-refractivity contribution in [2.75, 3.05) is 43.6 Å². The molecule has 35 heavy (non-hydrogen) atoms. The Hall–Kier alpha value is -3.85. The van der Waals surface area contributed by atoms with Gasteiger partial charge in [-0.3, -0.25) is 0 Å². The second-order valence-corrected chi connectivity index (χ2v) is 8.16. The number of hydrogen-bond acceptors (Lipinski definition) is 7. The highest BCUT2D eigenvalue weighted by Gasteiger charge is 2.14. The lowest BCUT2D eigenvalue weighted by atomic mass is 9.96. The van der Waals surface area contributed by atoms with Gasteiger partial charge in [-0.05, 0) is 35.9 Å². The molecule has 0 amide bonds. The number of aromatic nitrogens is 2. The van der Waals surface area contributed by atoms with Crippen molar-refractivity contribution < 1.29 is 18.6 Å². The van der Waals surface area contributed by atoms with Crippen LogP contribution in [-0.4, -0.2) is 51.2 Å². The van der Waals surface area contributed by atoms with E-state index in [2.05, 4.69) is 44.5 Å². The molecule has 0 atom stereocenters. The molecule has 0 aliphatic carbocycles. The number of morpholine rings is 1. The first kappa shape index (κ1) is 22.9. The Morgan fingerprint density at radius 1 is 1.03 bits per heavy atom. The van der Waals surface area contributed by atoms with Crippen molar-refractivity contribution in [2.24, 2.45) is 0 Å². The molecule has 1 aliphatic heterocycles. The van der Waals surface area contributed by atoms with Gasteiger partial charge in [0.2, 0.25) is 0 Å². The number of halogens is 1. The van der Waals surface area contributed by atoms with Gasteiger partial charge in [0.1, 0.15) is 32.4 Å². The topological polar surface area (TPSA) is 68.7 Å². The smallest absolute Gasteiger partial charge is 0.163 e. The predicted molar refractivity (Wildman–Crippen MR) is 135 cm³/mol. The molecule has 2 radical (unpaired) electrons. The van der Waals surface area contributed by atoms with Crippen molar-refractivity contribution in [2.45, 2.75) is 6.61 Å². The van der Waals surface area contributed by atoms with Gasteiger partial charge in [0.15, 0.2) is 11.5 Å². The van der Waals surface area contributed by atoms with Gasteiger partial charge in [0, 0.05) is 30.2 Å². The lowest BCUT2D eigenvalue weighted by Gasteiger charge is -2.28. The van der Waals surface area contributed by atoms with Crippen LogP contribution < -0.4 is 25.2 Å². The summed E-state index contributed by atoms with van der Waals surface area (Å²) in [5.74, 6) is 1.06. The monoisotopic (exact) mass is 470 g/mol. The van der Waals surface area contributed by atoms with Gasteiger partial charge in [-0.15, -0.1) is 0 Å². The molecular formula is C26H24BFN4O3. The molecule has 1 aliphatic rings. The molecule has 0 bridgehead atoms. The van der Waals surface area contributed by atoms with Crippen molar-refractivity contribution in [1.29, 1.82) is 0 Å². The maximum Gasteiger partial charge on any atom is 0.163 e. The van der Waals surface area contributed by atoms with Crippen LogP contribution in [0.15, 0.2) is 60.9 Å². The Kier molecular flexibility index (Phi) is 6.67. The number of nitrogens with zero attached hydrogens (tertiary/aromatic N) is 3. The largest absolute Gasteiger partial charge is 0.493 e. The van der Waals surface area contributed by atoms with Gasteiger partial charge < -0.3 is 24.4 Å². The summed E-state index contributed by atoms with van der Waals surface area (Å²) >= 11 is 0. The molecule has 1 aromatic heterocycles. The lowest BCUT2D eigenvalue weighted by molar-refractivity contribution is 0.122. The number of nitrogens with one attached hydrogen (secondary N) is 1. The minimum atomic E-state index is -0.469. The molecule has 2 heterocycles. The van der Waals surface area contributed by atoms with Crippen molar-refractivity contribution in [3.8, 4) is 11.5 Å². The Morgan fingerprint density at radius 3 is 2.57 bits per heavy atom. The number of anilines is 3. The highest BCUT2D eigenvalue weighted by Crippen LogP contribution is 2.35. The van der Waals surface area contributed by atoms with Crippen molar-refractivity contribution in [3.05, 3.63) is 72.3 Å². The Morgan fingerprint density at radius 2 is 1.83 bits per heavy atom. The molecular weight excluding hydrogens is 446 g/mol. The molecule has 5 rings (SSSR count). The van der Waals surface area contributed by atoms with E-state index in [1.165, 1.54) is 18.1 Å². The summed E-state index contributed by atoms with van der Waals surface area (Å²) in [7, 11) is 7.22. The van der Waals surface area contributed by atoms with Crippen molar-refractivity contribution >= 4 is 41.4 Å². The number of methoxy groups -OCH3 is 1. The van der Waals surface area contributed by atoms with E-state index in [-0.39, 0.29) is 5.69 Å². The van der Waals surface area contributed by atoms with E-state index < -0.39 is 5.82 Å². The van der Waals surface area contributed by atoms with Gasteiger partial charge in [-0.25, -0.2) is 14.4 Å². The number of ether oxygens (including phenoxy) is 3. The van der Waals surface area contributed by atoms with Crippen LogP contribution in [0.5, 0.6) is 11.5 Å². The van der Waals surface area contributed by atoms with E-state index in [9.17, 15) is 4.39 Å². The Labute approximate surface area is 204 Å². The van der Waals surface area contributed by atoms with E-state index >= 15 is 0 Å². The van der Waals surface area contributed by atoms with Gasteiger partial charge >= 0.3 is 0 Å². The predicted octanol–water partition coefficient (Wildman–Crippen LogP) is 3.73. The summed E-state index contributed by atoms with van der Waals surface area (Å²) in [6.45, 7) is 3.67. The van der Waals surface area contributed by atoms with Crippen LogP contribution in [-0.2, 0) is 11.3 Å². The minimum absolute atomic E-state index is 0.263. The molecule has 1 fully saturated rings. The summed E-state index contributed by atoms with van der Waals surface area (Å²) in [4.78, 5) is 10.9. The maximum absolute atomic E-state index is 14.3. The normalized spacial score (nSPS) is 13.6. The standard InChI is InChI=1S/C26H24BFN4O3/c1-33-24-13-20-23(29-16-30-26(20)31-22-7-4-18(27)12-21(22)28)14-25(24)35-15-17-2-5-19(6-3-17)32-8-10-34-11-9-32/h2-7,12-14,16H,8-11,15H2,1H3,(H,29,30,31). The summed E-state index contributed by atoms with van der Waals surface area (Å²) in [5.41, 5.74) is 3.46. The first-order valence-electron chi connectivity index (χ1n) is 11.3. The molecule has 0 spiro atoms. The molecule has 3 aromatic carbocycles. The average Bonchev–Trinajstić information content (AvgIpc) is 2.89. The molecule has 1 N–H and O–H groups in total. The fraction of sp³-hybridized carbons (Fsp3) is 0.231. The van der Waals surface area contributed by atoms with Crippen LogP contribution in [0.3, 0.4) is 0 Å². The zero-order chi connectivity index (χ0) is 24.2.